The zero-order valence-corrected chi connectivity index (χ0v) is 12.5. The number of rotatable bonds is 4. The van der Waals surface area contributed by atoms with Crippen molar-refractivity contribution in [1.82, 2.24) is 14.9 Å². The maximum absolute atomic E-state index is 11.9. The van der Waals surface area contributed by atoms with E-state index in [1.165, 1.54) is 5.56 Å². The number of nitrogens with one attached hydrogen (secondary N) is 1. The van der Waals surface area contributed by atoms with Gasteiger partial charge in [0.25, 0.3) is 0 Å². The summed E-state index contributed by atoms with van der Waals surface area (Å²) in [6.07, 6.45) is 3.60. The third-order valence-corrected chi connectivity index (χ3v) is 3.58. The highest BCUT2D eigenvalue weighted by atomic mass is 16.1. The number of H-pyrrole nitrogens is 1. The summed E-state index contributed by atoms with van der Waals surface area (Å²) in [7, 11) is 2.03. The Morgan fingerprint density at radius 3 is 2.65 bits per heavy atom. The van der Waals surface area contributed by atoms with Crippen LogP contribution in [-0.2, 0) is 13.1 Å². The summed E-state index contributed by atoms with van der Waals surface area (Å²) in [5.41, 5.74) is 4.91. The van der Waals surface area contributed by atoms with Gasteiger partial charge in [0.15, 0.2) is 5.43 Å². The third kappa shape index (κ3) is 3.14. The Balaban J connectivity index is 2.13. The van der Waals surface area contributed by atoms with E-state index in [0.29, 0.717) is 6.54 Å². The van der Waals surface area contributed by atoms with Gasteiger partial charge < -0.3 is 4.98 Å². The molecule has 0 aromatic carbocycles. The second kappa shape index (κ2) is 6.01. The molecule has 2 rings (SSSR count). The van der Waals surface area contributed by atoms with E-state index in [1.807, 2.05) is 33.2 Å². The minimum atomic E-state index is 0.126. The van der Waals surface area contributed by atoms with Crippen LogP contribution in [0.15, 0.2) is 29.3 Å². The lowest BCUT2D eigenvalue weighted by Gasteiger charge is -2.18. The number of pyridine rings is 2. The molecule has 0 fully saturated rings. The van der Waals surface area contributed by atoms with Crippen LogP contribution >= 0.6 is 0 Å². The third-order valence-electron chi connectivity index (χ3n) is 3.58. The Hall–Kier alpha value is -1.94. The molecule has 1 N–H and O–H groups in total. The minimum Gasteiger partial charge on any atom is -0.363 e. The van der Waals surface area contributed by atoms with E-state index in [2.05, 4.69) is 27.9 Å². The summed E-state index contributed by atoms with van der Waals surface area (Å²) >= 11 is 0. The van der Waals surface area contributed by atoms with Crippen LogP contribution in [0, 0.1) is 20.8 Å². The number of nitrogens with zero attached hydrogens (tertiary/aromatic N) is 2. The lowest BCUT2D eigenvalue weighted by atomic mass is 10.1. The van der Waals surface area contributed by atoms with Crippen molar-refractivity contribution in [2.75, 3.05) is 7.05 Å². The molecule has 0 bridgehead atoms. The molecule has 0 spiro atoms. The summed E-state index contributed by atoms with van der Waals surface area (Å²) in [4.78, 5) is 21.7. The molecule has 106 valence electrons. The van der Waals surface area contributed by atoms with Crippen molar-refractivity contribution in [3.05, 3.63) is 62.8 Å². The van der Waals surface area contributed by atoms with E-state index < -0.39 is 0 Å². The van der Waals surface area contributed by atoms with E-state index >= 15 is 0 Å². The van der Waals surface area contributed by atoms with Crippen molar-refractivity contribution in [2.24, 2.45) is 0 Å². The second-order valence-electron chi connectivity index (χ2n) is 5.34. The SMILES string of the molecule is Cc1cccnc1CN(C)Cc1[nH]cc(C)c(=O)c1C. The molecule has 0 saturated carbocycles. The van der Waals surface area contributed by atoms with Crippen molar-refractivity contribution in [2.45, 2.75) is 33.9 Å². The predicted octanol–water partition coefficient (Wildman–Crippen LogP) is 2.33. The van der Waals surface area contributed by atoms with Crippen LogP contribution < -0.4 is 5.43 Å². The normalized spacial score (nSPS) is 11.1. The van der Waals surface area contributed by atoms with Crippen LogP contribution in [0.4, 0.5) is 0 Å². The molecule has 4 heteroatoms. The lowest BCUT2D eigenvalue weighted by molar-refractivity contribution is 0.309. The number of hydrogen-bond donors (Lipinski definition) is 1. The van der Waals surface area contributed by atoms with E-state index in [9.17, 15) is 4.79 Å². The van der Waals surface area contributed by atoms with Gasteiger partial charge in [-0.3, -0.25) is 14.7 Å². The molecular formula is C16H21N3O. The number of aryl methyl sites for hydroxylation is 2. The van der Waals surface area contributed by atoms with Gasteiger partial charge in [-0.05, 0) is 39.4 Å². The Morgan fingerprint density at radius 2 is 1.95 bits per heavy atom. The molecule has 2 aromatic rings. The van der Waals surface area contributed by atoms with Gasteiger partial charge in [0, 0.05) is 42.3 Å². The average Bonchev–Trinajstić information content (AvgIpc) is 2.42. The van der Waals surface area contributed by atoms with Crippen molar-refractivity contribution in [3.63, 3.8) is 0 Å². The average molecular weight is 271 g/mol. The van der Waals surface area contributed by atoms with Crippen LogP contribution in [0.2, 0.25) is 0 Å². The fourth-order valence-electron chi connectivity index (χ4n) is 2.23. The first-order valence-corrected chi connectivity index (χ1v) is 6.76. The van der Waals surface area contributed by atoms with Crippen LogP contribution in [-0.4, -0.2) is 21.9 Å². The number of aromatic nitrogens is 2. The van der Waals surface area contributed by atoms with Crippen LogP contribution in [0.25, 0.3) is 0 Å². The summed E-state index contributed by atoms with van der Waals surface area (Å²) in [5.74, 6) is 0. The molecular weight excluding hydrogens is 250 g/mol. The summed E-state index contributed by atoms with van der Waals surface area (Å²) in [6, 6.07) is 4.01. The molecule has 0 unspecified atom stereocenters. The van der Waals surface area contributed by atoms with Gasteiger partial charge in [0.1, 0.15) is 0 Å². The molecule has 0 saturated heterocycles. The standard InChI is InChI=1S/C16H21N3O/c1-11-6-5-7-17-14(11)9-19(4)10-15-13(3)16(20)12(2)8-18-15/h5-8H,9-10H2,1-4H3,(H,18,20). The van der Waals surface area contributed by atoms with Crippen molar-refractivity contribution < 1.29 is 0 Å². The highest BCUT2D eigenvalue weighted by molar-refractivity contribution is 5.23. The largest absolute Gasteiger partial charge is 0.363 e. The van der Waals surface area contributed by atoms with Gasteiger partial charge in [-0.2, -0.15) is 0 Å². The molecule has 0 atom stereocenters. The first-order chi connectivity index (χ1) is 9.49. The van der Waals surface area contributed by atoms with E-state index in [0.717, 1.165) is 29.1 Å². The minimum absolute atomic E-state index is 0.126. The Morgan fingerprint density at radius 1 is 1.20 bits per heavy atom. The molecule has 0 radical (unpaired) electrons. The predicted molar refractivity (Wildman–Crippen MR) is 80.7 cm³/mol. The Bertz CT molecular complexity index is 661. The molecule has 20 heavy (non-hydrogen) atoms. The lowest BCUT2D eigenvalue weighted by Crippen LogP contribution is -2.22. The molecule has 2 aromatic heterocycles. The van der Waals surface area contributed by atoms with E-state index in [-0.39, 0.29) is 5.43 Å². The quantitative estimate of drug-likeness (QED) is 0.928. The van der Waals surface area contributed by atoms with Gasteiger partial charge in [0.05, 0.1) is 5.69 Å². The zero-order valence-electron chi connectivity index (χ0n) is 12.5. The van der Waals surface area contributed by atoms with E-state index in [4.69, 9.17) is 0 Å². The molecule has 4 nitrogen and oxygen atoms in total. The molecule has 0 aliphatic rings. The molecule has 0 aliphatic heterocycles. The molecule has 2 heterocycles. The molecule has 0 amide bonds. The fourth-order valence-corrected chi connectivity index (χ4v) is 2.23. The Kier molecular flexibility index (Phi) is 4.35. The number of aromatic amines is 1. The first kappa shape index (κ1) is 14.5. The van der Waals surface area contributed by atoms with Gasteiger partial charge in [-0.25, -0.2) is 0 Å². The number of hydrogen-bond acceptors (Lipinski definition) is 3. The highest BCUT2D eigenvalue weighted by Gasteiger charge is 2.09. The fraction of sp³-hybridized carbons (Fsp3) is 0.375. The zero-order chi connectivity index (χ0) is 14.7. The second-order valence-corrected chi connectivity index (χ2v) is 5.34. The van der Waals surface area contributed by atoms with Crippen LogP contribution in [0.1, 0.15) is 28.1 Å². The topological polar surface area (TPSA) is 49.0 Å². The Labute approximate surface area is 119 Å². The van der Waals surface area contributed by atoms with Gasteiger partial charge in [-0.15, -0.1) is 0 Å². The summed E-state index contributed by atoms with van der Waals surface area (Å²) < 4.78 is 0. The van der Waals surface area contributed by atoms with Crippen LogP contribution in [0.5, 0.6) is 0 Å². The molecule has 0 aliphatic carbocycles. The monoisotopic (exact) mass is 271 g/mol. The maximum Gasteiger partial charge on any atom is 0.187 e. The first-order valence-electron chi connectivity index (χ1n) is 6.76. The summed E-state index contributed by atoms with van der Waals surface area (Å²) in [6.45, 7) is 7.24. The highest BCUT2D eigenvalue weighted by Crippen LogP contribution is 2.09. The maximum atomic E-state index is 11.9. The summed E-state index contributed by atoms with van der Waals surface area (Å²) in [5, 5.41) is 0. The van der Waals surface area contributed by atoms with E-state index in [1.54, 1.807) is 6.20 Å². The van der Waals surface area contributed by atoms with Crippen molar-refractivity contribution in [1.29, 1.82) is 0 Å². The van der Waals surface area contributed by atoms with Crippen molar-refractivity contribution in [3.8, 4) is 0 Å². The van der Waals surface area contributed by atoms with Crippen molar-refractivity contribution >= 4 is 0 Å². The van der Waals surface area contributed by atoms with Gasteiger partial charge in [0.2, 0.25) is 0 Å². The van der Waals surface area contributed by atoms with Gasteiger partial charge in [-0.1, -0.05) is 6.07 Å². The van der Waals surface area contributed by atoms with Crippen LogP contribution in [0.3, 0.4) is 0 Å². The smallest absolute Gasteiger partial charge is 0.187 e. The van der Waals surface area contributed by atoms with Gasteiger partial charge >= 0.3 is 0 Å².